The molecule has 0 fully saturated rings. The zero-order valence-electron chi connectivity index (χ0n) is 9.49. The molecule has 0 spiro atoms. The van der Waals surface area contributed by atoms with Crippen LogP contribution in [0.3, 0.4) is 0 Å². The van der Waals surface area contributed by atoms with E-state index in [1.807, 2.05) is 23.9 Å². The largest absolute Gasteiger partial charge is 0.383 e. The van der Waals surface area contributed by atoms with Crippen molar-refractivity contribution in [1.29, 1.82) is 0 Å². The van der Waals surface area contributed by atoms with Gasteiger partial charge in [0.1, 0.15) is 0 Å². The number of methoxy groups -OCH3 is 1. The van der Waals surface area contributed by atoms with E-state index in [0.29, 0.717) is 0 Å². The Morgan fingerprint density at radius 2 is 2.47 bits per heavy atom. The number of hydrogen-bond acceptors (Lipinski definition) is 3. The summed E-state index contributed by atoms with van der Waals surface area (Å²) in [4.78, 5) is 0. The van der Waals surface area contributed by atoms with Crippen molar-refractivity contribution in [3.8, 4) is 0 Å². The molecule has 15 heavy (non-hydrogen) atoms. The second-order valence-electron chi connectivity index (χ2n) is 3.61. The predicted molar refractivity (Wildman–Crippen MR) is 60.6 cm³/mol. The smallest absolute Gasteiger partial charge is 0.0617 e. The van der Waals surface area contributed by atoms with Crippen LogP contribution in [0.2, 0.25) is 0 Å². The third kappa shape index (κ3) is 4.27. The molecular formula is C11H19N3O. The third-order valence-corrected chi connectivity index (χ3v) is 2.01. The summed E-state index contributed by atoms with van der Waals surface area (Å²) in [6, 6.07) is 2.02. The molecule has 4 heteroatoms. The molecule has 84 valence electrons. The Hall–Kier alpha value is -1.13. The number of nitrogens with one attached hydrogen (secondary N) is 1. The van der Waals surface area contributed by atoms with Crippen molar-refractivity contribution in [3.63, 3.8) is 0 Å². The molecule has 0 aliphatic carbocycles. The minimum Gasteiger partial charge on any atom is -0.383 e. The van der Waals surface area contributed by atoms with Crippen molar-refractivity contribution in [1.82, 2.24) is 15.1 Å². The van der Waals surface area contributed by atoms with E-state index >= 15 is 0 Å². The maximum atomic E-state index is 4.96. The van der Waals surface area contributed by atoms with Gasteiger partial charge in [-0.3, -0.25) is 4.68 Å². The first kappa shape index (κ1) is 11.9. The van der Waals surface area contributed by atoms with Crippen LogP contribution >= 0.6 is 0 Å². The highest BCUT2D eigenvalue weighted by molar-refractivity contribution is 5.03. The van der Waals surface area contributed by atoms with E-state index in [2.05, 4.69) is 17.0 Å². The molecule has 0 aliphatic heterocycles. The standard InChI is InChI=1S/C11H19N3O/c1-10(2)9-14-11(4-5-13-14)8-12-6-7-15-3/h4-5,12H,1,6-9H2,2-3H3. The van der Waals surface area contributed by atoms with Crippen LogP contribution in [-0.4, -0.2) is 30.0 Å². The molecular weight excluding hydrogens is 190 g/mol. The fourth-order valence-corrected chi connectivity index (χ4v) is 1.30. The van der Waals surface area contributed by atoms with E-state index in [9.17, 15) is 0 Å². The molecule has 4 nitrogen and oxygen atoms in total. The molecule has 1 rings (SSSR count). The summed E-state index contributed by atoms with van der Waals surface area (Å²) in [5.74, 6) is 0. The van der Waals surface area contributed by atoms with Gasteiger partial charge in [-0.15, -0.1) is 0 Å². The second kappa shape index (κ2) is 6.37. The quantitative estimate of drug-likeness (QED) is 0.541. The lowest BCUT2D eigenvalue weighted by atomic mass is 10.3. The summed E-state index contributed by atoms with van der Waals surface area (Å²) in [5, 5.41) is 7.53. The highest BCUT2D eigenvalue weighted by Gasteiger charge is 2.01. The Balaban J connectivity index is 2.39. The molecule has 0 aliphatic rings. The summed E-state index contributed by atoms with van der Waals surface area (Å²) >= 11 is 0. The first-order valence-corrected chi connectivity index (χ1v) is 5.08. The van der Waals surface area contributed by atoms with E-state index in [4.69, 9.17) is 4.74 Å². The predicted octanol–water partition coefficient (Wildman–Crippen LogP) is 1.20. The lowest BCUT2D eigenvalue weighted by Gasteiger charge is -2.08. The van der Waals surface area contributed by atoms with Crippen molar-refractivity contribution < 1.29 is 4.74 Å². The Morgan fingerprint density at radius 1 is 1.67 bits per heavy atom. The summed E-state index contributed by atoms with van der Waals surface area (Å²) in [7, 11) is 1.70. The van der Waals surface area contributed by atoms with Gasteiger partial charge in [0.15, 0.2) is 0 Å². The van der Waals surface area contributed by atoms with Crippen LogP contribution < -0.4 is 5.32 Å². The number of allylic oxidation sites excluding steroid dienone is 1. The summed E-state index contributed by atoms with van der Waals surface area (Å²) < 4.78 is 6.92. The maximum Gasteiger partial charge on any atom is 0.0617 e. The van der Waals surface area contributed by atoms with Crippen molar-refractivity contribution in [2.24, 2.45) is 0 Å². The average Bonchev–Trinajstić information content (AvgIpc) is 2.59. The SMILES string of the molecule is C=C(C)Cn1nccc1CNCCOC. The molecule has 1 heterocycles. The van der Waals surface area contributed by atoms with Gasteiger partial charge in [-0.05, 0) is 13.0 Å². The van der Waals surface area contributed by atoms with Crippen LogP contribution in [0.4, 0.5) is 0 Å². The number of ether oxygens (including phenoxy) is 1. The second-order valence-corrected chi connectivity index (χ2v) is 3.61. The van der Waals surface area contributed by atoms with Crippen molar-refractivity contribution in [3.05, 3.63) is 30.1 Å². The van der Waals surface area contributed by atoms with E-state index in [1.165, 1.54) is 5.69 Å². The highest BCUT2D eigenvalue weighted by atomic mass is 16.5. The fraction of sp³-hybridized carbons (Fsp3) is 0.545. The van der Waals surface area contributed by atoms with Gasteiger partial charge < -0.3 is 10.1 Å². The monoisotopic (exact) mass is 209 g/mol. The van der Waals surface area contributed by atoms with Crippen LogP contribution in [0.5, 0.6) is 0 Å². The molecule has 1 N–H and O–H groups in total. The van der Waals surface area contributed by atoms with Crippen LogP contribution in [0.15, 0.2) is 24.4 Å². The molecule has 0 saturated heterocycles. The lowest BCUT2D eigenvalue weighted by Crippen LogP contribution is -2.21. The van der Waals surface area contributed by atoms with Gasteiger partial charge in [0.25, 0.3) is 0 Å². The van der Waals surface area contributed by atoms with Crippen molar-refractivity contribution in [2.75, 3.05) is 20.3 Å². The Morgan fingerprint density at radius 3 is 3.13 bits per heavy atom. The lowest BCUT2D eigenvalue weighted by molar-refractivity contribution is 0.199. The number of rotatable bonds is 7. The van der Waals surface area contributed by atoms with Gasteiger partial charge in [-0.2, -0.15) is 5.10 Å². The van der Waals surface area contributed by atoms with Crippen molar-refractivity contribution in [2.45, 2.75) is 20.0 Å². The molecule has 1 aromatic heterocycles. The van der Waals surface area contributed by atoms with E-state index in [-0.39, 0.29) is 0 Å². The van der Waals surface area contributed by atoms with Crippen LogP contribution in [0, 0.1) is 0 Å². The third-order valence-electron chi connectivity index (χ3n) is 2.01. The summed E-state index contributed by atoms with van der Waals surface area (Å²) in [6.45, 7) is 9.07. The highest BCUT2D eigenvalue weighted by Crippen LogP contribution is 2.01. The maximum absolute atomic E-state index is 4.96. The Bertz CT molecular complexity index is 307. The minimum absolute atomic E-state index is 0.731. The molecule has 1 aromatic rings. The zero-order valence-corrected chi connectivity index (χ0v) is 9.49. The molecule has 0 aromatic carbocycles. The van der Waals surface area contributed by atoms with E-state index in [0.717, 1.165) is 31.8 Å². The average molecular weight is 209 g/mol. The minimum atomic E-state index is 0.731. The number of nitrogens with zero attached hydrogens (tertiary/aromatic N) is 2. The first-order valence-electron chi connectivity index (χ1n) is 5.08. The molecule has 0 saturated carbocycles. The van der Waals surface area contributed by atoms with Crippen molar-refractivity contribution >= 4 is 0 Å². The molecule has 0 radical (unpaired) electrons. The van der Waals surface area contributed by atoms with Gasteiger partial charge in [-0.25, -0.2) is 0 Å². The number of hydrogen-bond donors (Lipinski definition) is 1. The molecule has 0 bridgehead atoms. The molecule has 0 amide bonds. The fourth-order valence-electron chi connectivity index (χ4n) is 1.30. The number of aromatic nitrogens is 2. The molecule has 0 atom stereocenters. The molecule has 0 unspecified atom stereocenters. The first-order chi connectivity index (χ1) is 7.24. The topological polar surface area (TPSA) is 39.1 Å². The Labute approximate surface area is 90.9 Å². The van der Waals surface area contributed by atoms with Crippen LogP contribution in [0.1, 0.15) is 12.6 Å². The zero-order chi connectivity index (χ0) is 11.1. The van der Waals surface area contributed by atoms with Gasteiger partial charge in [-0.1, -0.05) is 12.2 Å². The Kier molecular flexibility index (Phi) is 5.07. The van der Waals surface area contributed by atoms with Gasteiger partial charge >= 0.3 is 0 Å². The summed E-state index contributed by atoms with van der Waals surface area (Å²) in [6.07, 6.45) is 1.82. The van der Waals surface area contributed by atoms with Gasteiger partial charge in [0.05, 0.1) is 18.8 Å². The van der Waals surface area contributed by atoms with E-state index < -0.39 is 0 Å². The van der Waals surface area contributed by atoms with Crippen LogP contribution in [-0.2, 0) is 17.8 Å². The van der Waals surface area contributed by atoms with Gasteiger partial charge in [0.2, 0.25) is 0 Å². The normalized spacial score (nSPS) is 10.5. The van der Waals surface area contributed by atoms with E-state index in [1.54, 1.807) is 7.11 Å². The summed E-state index contributed by atoms with van der Waals surface area (Å²) in [5.41, 5.74) is 2.28. The van der Waals surface area contributed by atoms with Crippen LogP contribution in [0.25, 0.3) is 0 Å². The van der Waals surface area contributed by atoms with Gasteiger partial charge in [0, 0.05) is 26.4 Å².